The van der Waals surface area contributed by atoms with Crippen LogP contribution >= 0.6 is 11.6 Å². The SMILES string of the molecule is Cc1nn(C)c(OCC[C@H](C)Nc2cc(Cl)ncc2-c2ncc(CN3CCN(C)CC3)cc2F)c1-c1nccc(N)n1. The Morgan fingerprint density at radius 3 is 2.64 bits per heavy atom. The van der Waals surface area contributed by atoms with E-state index in [0.717, 1.165) is 37.4 Å². The number of nitrogen functional groups attached to an aromatic ring is 1. The van der Waals surface area contributed by atoms with Gasteiger partial charge >= 0.3 is 0 Å². The Balaban J connectivity index is 1.26. The highest BCUT2D eigenvalue weighted by molar-refractivity contribution is 6.29. The van der Waals surface area contributed by atoms with Crippen LogP contribution in [0.5, 0.6) is 5.88 Å². The molecule has 5 rings (SSSR count). The maximum atomic E-state index is 15.4. The molecule has 0 aliphatic carbocycles. The van der Waals surface area contributed by atoms with Gasteiger partial charge in [-0.2, -0.15) is 5.10 Å². The molecule has 222 valence electrons. The highest BCUT2D eigenvalue weighted by Crippen LogP contribution is 2.32. The van der Waals surface area contributed by atoms with Crippen LogP contribution in [0.2, 0.25) is 5.15 Å². The Bertz CT molecular complexity index is 1540. The van der Waals surface area contributed by atoms with E-state index in [0.29, 0.717) is 59.1 Å². The van der Waals surface area contributed by atoms with Crippen LogP contribution in [0, 0.1) is 12.7 Å². The summed E-state index contributed by atoms with van der Waals surface area (Å²) in [5.41, 5.74) is 9.56. The summed E-state index contributed by atoms with van der Waals surface area (Å²) >= 11 is 6.23. The third kappa shape index (κ3) is 6.94. The molecule has 1 aliphatic rings. The van der Waals surface area contributed by atoms with Gasteiger partial charge in [0.15, 0.2) is 5.82 Å². The van der Waals surface area contributed by atoms with Crippen molar-refractivity contribution in [1.82, 2.24) is 39.5 Å². The molecule has 1 saturated heterocycles. The number of piperazine rings is 1. The molecular formula is C29H36ClFN10O. The predicted octanol–water partition coefficient (Wildman–Crippen LogP) is 4.03. The smallest absolute Gasteiger partial charge is 0.223 e. The third-order valence-electron chi connectivity index (χ3n) is 7.29. The van der Waals surface area contributed by atoms with Gasteiger partial charge in [0, 0.05) is 82.1 Å². The number of hydrogen-bond donors (Lipinski definition) is 2. The second-order valence-electron chi connectivity index (χ2n) is 10.7. The first-order valence-electron chi connectivity index (χ1n) is 13.9. The topological polar surface area (TPSA) is 123 Å². The molecule has 0 saturated carbocycles. The zero-order valence-electron chi connectivity index (χ0n) is 24.3. The molecule has 0 spiro atoms. The highest BCUT2D eigenvalue weighted by atomic mass is 35.5. The lowest BCUT2D eigenvalue weighted by atomic mass is 10.1. The lowest BCUT2D eigenvalue weighted by molar-refractivity contribution is 0.148. The quantitative estimate of drug-likeness (QED) is 0.260. The molecule has 0 amide bonds. The number of nitrogens with one attached hydrogen (secondary N) is 1. The molecule has 13 heteroatoms. The maximum Gasteiger partial charge on any atom is 0.223 e. The summed E-state index contributed by atoms with van der Waals surface area (Å²) < 4.78 is 23.2. The van der Waals surface area contributed by atoms with E-state index in [9.17, 15) is 0 Å². The van der Waals surface area contributed by atoms with E-state index < -0.39 is 5.82 Å². The molecule has 4 aromatic rings. The molecule has 4 aromatic heterocycles. The molecule has 0 radical (unpaired) electrons. The molecule has 0 bridgehead atoms. The Labute approximate surface area is 249 Å². The molecule has 1 atom stereocenters. The van der Waals surface area contributed by atoms with Crippen LogP contribution in [0.1, 0.15) is 24.6 Å². The van der Waals surface area contributed by atoms with Crippen LogP contribution < -0.4 is 15.8 Å². The molecule has 0 aromatic carbocycles. The average Bonchev–Trinajstić information content (AvgIpc) is 3.23. The van der Waals surface area contributed by atoms with Gasteiger partial charge in [-0.3, -0.25) is 9.88 Å². The molecular weight excluding hydrogens is 559 g/mol. The van der Waals surface area contributed by atoms with Gasteiger partial charge in [0.25, 0.3) is 0 Å². The van der Waals surface area contributed by atoms with Crippen LogP contribution in [0.3, 0.4) is 0 Å². The fraction of sp³-hybridized carbons (Fsp3) is 0.414. The van der Waals surface area contributed by atoms with Crippen LogP contribution in [-0.4, -0.2) is 85.4 Å². The van der Waals surface area contributed by atoms with Gasteiger partial charge in [-0.25, -0.2) is 24.0 Å². The highest BCUT2D eigenvalue weighted by Gasteiger charge is 2.21. The number of nitrogens with zero attached hydrogens (tertiary/aromatic N) is 8. The average molecular weight is 595 g/mol. The number of hydrogen-bond acceptors (Lipinski definition) is 10. The minimum atomic E-state index is -0.396. The lowest BCUT2D eigenvalue weighted by Gasteiger charge is -2.32. The van der Waals surface area contributed by atoms with Crippen molar-refractivity contribution in [3.8, 4) is 28.5 Å². The Morgan fingerprint density at radius 1 is 1.12 bits per heavy atom. The van der Waals surface area contributed by atoms with Crippen molar-refractivity contribution in [3.63, 3.8) is 0 Å². The normalized spacial score (nSPS) is 15.1. The van der Waals surface area contributed by atoms with Crippen molar-refractivity contribution in [2.75, 3.05) is 50.9 Å². The van der Waals surface area contributed by atoms with Gasteiger partial charge in [-0.1, -0.05) is 11.6 Å². The van der Waals surface area contributed by atoms with Crippen LogP contribution in [-0.2, 0) is 13.6 Å². The molecule has 11 nitrogen and oxygen atoms in total. The summed E-state index contributed by atoms with van der Waals surface area (Å²) in [5, 5.41) is 8.21. The molecule has 3 N–H and O–H groups in total. The van der Waals surface area contributed by atoms with Gasteiger partial charge in [-0.05, 0) is 44.7 Å². The first-order chi connectivity index (χ1) is 20.2. The fourth-order valence-electron chi connectivity index (χ4n) is 4.99. The van der Waals surface area contributed by atoms with Crippen molar-refractivity contribution in [1.29, 1.82) is 0 Å². The van der Waals surface area contributed by atoms with Crippen LogP contribution in [0.4, 0.5) is 15.9 Å². The Morgan fingerprint density at radius 2 is 1.90 bits per heavy atom. The first kappa shape index (κ1) is 29.6. The number of halogens is 2. The minimum absolute atomic E-state index is 0.0526. The number of aryl methyl sites for hydroxylation is 2. The molecule has 42 heavy (non-hydrogen) atoms. The predicted molar refractivity (Wildman–Crippen MR) is 162 cm³/mol. The number of rotatable bonds is 10. The van der Waals surface area contributed by atoms with E-state index >= 15 is 4.39 Å². The Hall–Kier alpha value is -3.87. The van der Waals surface area contributed by atoms with Gasteiger partial charge < -0.3 is 20.7 Å². The number of ether oxygens (including phenoxy) is 1. The van der Waals surface area contributed by atoms with E-state index in [2.05, 4.69) is 47.2 Å². The van der Waals surface area contributed by atoms with E-state index in [1.54, 1.807) is 41.5 Å². The molecule has 1 fully saturated rings. The Kier molecular flexibility index (Phi) is 9.15. The first-order valence-corrected chi connectivity index (χ1v) is 14.3. The number of nitrogens with two attached hydrogens (primary N) is 1. The fourth-order valence-corrected chi connectivity index (χ4v) is 5.15. The summed E-state index contributed by atoms with van der Waals surface area (Å²) in [5.74, 6) is 0.991. The molecule has 0 unspecified atom stereocenters. The zero-order valence-corrected chi connectivity index (χ0v) is 25.1. The van der Waals surface area contributed by atoms with Gasteiger partial charge in [-0.15, -0.1) is 0 Å². The van der Waals surface area contributed by atoms with Crippen molar-refractivity contribution in [2.45, 2.75) is 32.9 Å². The second kappa shape index (κ2) is 13.0. The monoisotopic (exact) mass is 594 g/mol. The second-order valence-corrected chi connectivity index (χ2v) is 11.1. The maximum absolute atomic E-state index is 15.4. The minimum Gasteiger partial charge on any atom is -0.477 e. The van der Waals surface area contributed by atoms with E-state index in [-0.39, 0.29) is 11.7 Å². The van der Waals surface area contributed by atoms with Crippen molar-refractivity contribution in [2.24, 2.45) is 7.05 Å². The van der Waals surface area contributed by atoms with Gasteiger partial charge in [0.05, 0.1) is 12.3 Å². The van der Waals surface area contributed by atoms with E-state index in [1.165, 1.54) is 0 Å². The molecule has 1 aliphatic heterocycles. The van der Waals surface area contributed by atoms with Gasteiger partial charge in [0.1, 0.15) is 28.0 Å². The summed E-state index contributed by atoms with van der Waals surface area (Å²) in [6, 6.07) is 4.83. The van der Waals surface area contributed by atoms with E-state index in [1.807, 2.05) is 20.9 Å². The zero-order chi connectivity index (χ0) is 29.8. The number of aromatic nitrogens is 6. The molecule has 5 heterocycles. The number of likely N-dealkylation sites (N-methyl/N-ethyl adjacent to an activating group) is 1. The van der Waals surface area contributed by atoms with Crippen molar-refractivity contribution >= 4 is 23.1 Å². The largest absolute Gasteiger partial charge is 0.477 e. The summed E-state index contributed by atoms with van der Waals surface area (Å²) in [7, 11) is 3.92. The summed E-state index contributed by atoms with van der Waals surface area (Å²) in [6.07, 6.45) is 5.52. The van der Waals surface area contributed by atoms with Crippen molar-refractivity contribution in [3.05, 3.63) is 59.0 Å². The lowest BCUT2D eigenvalue weighted by Crippen LogP contribution is -2.43. The van der Waals surface area contributed by atoms with Gasteiger partial charge in [0.2, 0.25) is 5.88 Å². The van der Waals surface area contributed by atoms with Crippen molar-refractivity contribution < 1.29 is 9.13 Å². The summed E-state index contributed by atoms with van der Waals surface area (Å²) in [6.45, 7) is 8.84. The van der Waals surface area contributed by atoms with Crippen LogP contribution in [0.25, 0.3) is 22.6 Å². The standard InChI is InChI=1S/C29H36ClFN10O/c1-18(6-12-42-29-26(19(2)38-40(29)4)28-33-7-5-25(32)37-28)36-23-14-24(30)34-16-21(23)27-22(31)13-20(15-35-27)17-41-10-8-39(3)9-11-41/h5,7,13-16,18H,6,8-12,17H2,1-4H3,(H,34,36)(H2,32,33,37)/t18-/m0/s1. The van der Waals surface area contributed by atoms with E-state index in [4.69, 9.17) is 22.1 Å². The number of pyridine rings is 2. The third-order valence-corrected chi connectivity index (χ3v) is 7.49. The summed E-state index contributed by atoms with van der Waals surface area (Å²) in [4.78, 5) is 22.0. The number of anilines is 2. The van der Waals surface area contributed by atoms with Crippen LogP contribution in [0.15, 0.2) is 36.8 Å².